The summed E-state index contributed by atoms with van der Waals surface area (Å²) >= 11 is 5.71. The highest BCUT2D eigenvalue weighted by Gasteiger charge is 2.22. The molecule has 0 aliphatic rings. The molecule has 1 atom stereocenters. The van der Waals surface area contributed by atoms with Crippen molar-refractivity contribution in [3.05, 3.63) is 21.6 Å². The van der Waals surface area contributed by atoms with Crippen molar-refractivity contribution in [1.29, 1.82) is 0 Å². The molecule has 0 aliphatic carbocycles. The fraction of sp³-hybridized carbons (Fsp3) is 0.444. The number of carboxylic acid groups (broad SMARTS) is 1. The van der Waals surface area contributed by atoms with Crippen LogP contribution in [0.5, 0.6) is 0 Å². The Balaban J connectivity index is 2.99. The standard InChI is InChI=1S/C9H12ClN3O3/c1-4(2)7(9(15)16)12-5-3-11-13-8(14)6(5)10/h3-4,7H,1-2H3,(H,15,16)(H2,12,13,14)/t7-/m0/s1. The van der Waals surface area contributed by atoms with Crippen LogP contribution in [0.2, 0.25) is 5.02 Å². The van der Waals surface area contributed by atoms with E-state index < -0.39 is 17.6 Å². The van der Waals surface area contributed by atoms with Gasteiger partial charge in [-0.15, -0.1) is 0 Å². The number of aromatic nitrogens is 2. The van der Waals surface area contributed by atoms with Crippen LogP contribution in [0.15, 0.2) is 11.0 Å². The molecule has 88 valence electrons. The van der Waals surface area contributed by atoms with E-state index in [4.69, 9.17) is 16.7 Å². The van der Waals surface area contributed by atoms with Gasteiger partial charge in [-0.1, -0.05) is 25.4 Å². The third-order valence-electron chi connectivity index (χ3n) is 2.04. The van der Waals surface area contributed by atoms with Crippen LogP contribution in [0.1, 0.15) is 13.8 Å². The average molecular weight is 246 g/mol. The van der Waals surface area contributed by atoms with Gasteiger partial charge in [0.1, 0.15) is 11.1 Å². The van der Waals surface area contributed by atoms with Crippen LogP contribution in [0, 0.1) is 5.92 Å². The van der Waals surface area contributed by atoms with E-state index in [1.54, 1.807) is 13.8 Å². The molecule has 3 N–H and O–H groups in total. The highest BCUT2D eigenvalue weighted by atomic mass is 35.5. The highest BCUT2D eigenvalue weighted by molar-refractivity contribution is 6.32. The number of anilines is 1. The van der Waals surface area contributed by atoms with Gasteiger partial charge in [-0.25, -0.2) is 9.89 Å². The summed E-state index contributed by atoms with van der Waals surface area (Å²) in [6.45, 7) is 3.50. The Labute approximate surface area is 96.6 Å². The largest absolute Gasteiger partial charge is 0.480 e. The highest BCUT2D eigenvalue weighted by Crippen LogP contribution is 2.18. The van der Waals surface area contributed by atoms with Gasteiger partial charge in [0.25, 0.3) is 5.56 Å². The summed E-state index contributed by atoms with van der Waals surface area (Å²) in [7, 11) is 0. The van der Waals surface area contributed by atoms with E-state index in [9.17, 15) is 9.59 Å². The molecule has 0 aliphatic heterocycles. The summed E-state index contributed by atoms with van der Waals surface area (Å²) in [5.41, 5.74) is -0.342. The molecule has 0 saturated carbocycles. The van der Waals surface area contributed by atoms with Gasteiger partial charge in [-0.05, 0) is 5.92 Å². The molecule has 0 bridgehead atoms. The number of halogens is 1. The molecule has 1 aromatic heterocycles. The fourth-order valence-electron chi connectivity index (χ4n) is 1.17. The van der Waals surface area contributed by atoms with Crippen LogP contribution in [0.25, 0.3) is 0 Å². The molecule has 0 radical (unpaired) electrons. The van der Waals surface area contributed by atoms with Gasteiger partial charge in [0, 0.05) is 0 Å². The number of nitrogens with one attached hydrogen (secondary N) is 2. The first-order valence-corrected chi connectivity index (χ1v) is 5.03. The Bertz CT molecular complexity index is 444. The van der Waals surface area contributed by atoms with E-state index in [-0.39, 0.29) is 16.6 Å². The van der Waals surface area contributed by atoms with E-state index in [1.807, 2.05) is 0 Å². The first kappa shape index (κ1) is 12.5. The summed E-state index contributed by atoms with van der Waals surface area (Å²) in [4.78, 5) is 22.1. The Hall–Kier alpha value is -1.56. The number of rotatable bonds is 4. The zero-order valence-electron chi connectivity index (χ0n) is 8.82. The van der Waals surface area contributed by atoms with Crippen molar-refractivity contribution in [3.8, 4) is 0 Å². The van der Waals surface area contributed by atoms with Crippen LogP contribution < -0.4 is 10.9 Å². The van der Waals surface area contributed by atoms with Crippen LogP contribution >= 0.6 is 11.6 Å². The molecule has 0 amide bonds. The summed E-state index contributed by atoms with van der Waals surface area (Å²) in [5.74, 6) is -1.15. The van der Waals surface area contributed by atoms with E-state index in [0.29, 0.717) is 0 Å². The lowest BCUT2D eigenvalue weighted by Gasteiger charge is -2.19. The monoisotopic (exact) mass is 245 g/mol. The van der Waals surface area contributed by atoms with Crippen LogP contribution in [0.4, 0.5) is 5.69 Å². The molecule has 1 rings (SSSR count). The Morgan fingerprint density at radius 3 is 2.75 bits per heavy atom. The molecule has 6 nitrogen and oxygen atoms in total. The molecule has 0 fully saturated rings. The van der Waals surface area contributed by atoms with E-state index in [1.165, 1.54) is 6.20 Å². The van der Waals surface area contributed by atoms with Crippen molar-refractivity contribution in [2.75, 3.05) is 5.32 Å². The molecule has 1 aromatic rings. The molecule has 0 unspecified atom stereocenters. The lowest BCUT2D eigenvalue weighted by Crippen LogP contribution is -2.34. The second kappa shape index (κ2) is 4.98. The minimum absolute atomic E-state index is 0.0955. The molecule has 16 heavy (non-hydrogen) atoms. The summed E-state index contributed by atoms with van der Waals surface area (Å²) < 4.78 is 0. The fourth-order valence-corrected chi connectivity index (χ4v) is 1.31. The van der Waals surface area contributed by atoms with Crippen molar-refractivity contribution in [2.24, 2.45) is 5.92 Å². The number of carbonyl (C=O) groups is 1. The first-order valence-electron chi connectivity index (χ1n) is 4.66. The number of nitrogens with zero attached hydrogens (tertiary/aromatic N) is 1. The van der Waals surface area contributed by atoms with Crippen molar-refractivity contribution in [3.63, 3.8) is 0 Å². The van der Waals surface area contributed by atoms with Crippen molar-refractivity contribution in [2.45, 2.75) is 19.9 Å². The number of aromatic amines is 1. The number of hydrogen-bond acceptors (Lipinski definition) is 4. The average Bonchev–Trinajstić information content (AvgIpc) is 2.19. The summed E-state index contributed by atoms with van der Waals surface area (Å²) in [5, 5.41) is 17.2. The van der Waals surface area contributed by atoms with E-state index in [0.717, 1.165) is 0 Å². The van der Waals surface area contributed by atoms with E-state index >= 15 is 0 Å². The minimum Gasteiger partial charge on any atom is -0.480 e. The molecular weight excluding hydrogens is 234 g/mol. The normalized spacial score (nSPS) is 12.5. The van der Waals surface area contributed by atoms with Crippen LogP contribution in [-0.2, 0) is 4.79 Å². The number of H-pyrrole nitrogens is 1. The zero-order valence-corrected chi connectivity index (χ0v) is 9.58. The molecular formula is C9H12ClN3O3. The Morgan fingerprint density at radius 2 is 2.25 bits per heavy atom. The zero-order chi connectivity index (χ0) is 12.3. The molecule has 7 heteroatoms. The van der Waals surface area contributed by atoms with Crippen LogP contribution in [0.3, 0.4) is 0 Å². The molecule has 0 aromatic carbocycles. The maximum Gasteiger partial charge on any atom is 0.326 e. The predicted octanol–water partition coefficient (Wildman–Crippen LogP) is 0.944. The van der Waals surface area contributed by atoms with E-state index in [2.05, 4.69) is 15.5 Å². The SMILES string of the molecule is CC(C)[C@H](Nc1cn[nH]c(=O)c1Cl)C(=O)O. The predicted molar refractivity (Wildman–Crippen MR) is 59.8 cm³/mol. The maximum atomic E-state index is 11.1. The van der Waals surface area contributed by atoms with Gasteiger partial charge >= 0.3 is 5.97 Å². The third-order valence-corrected chi connectivity index (χ3v) is 2.41. The second-order valence-electron chi connectivity index (χ2n) is 3.63. The summed E-state index contributed by atoms with van der Waals surface area (Å²) in [6.07, 6.45) is 1.28. The Kier molecular flexibility index (Phi) is 3.89. The number of carboxylic acids is 1. The van der Waals surface area contributed by atoms with Gasteiger partial charge in [-0.3, -0.25) is 4.79 Å². The third kappa shape index (κ3) is 2.73. The number of aliphatic carboxylic acids is 1. The Morgan fingerprint density at radius 1 is 1.62 bits per heavy atom. The molecule has 0 spiro atoms. The second-order valence-corrected chi connectivity index (χ2v) is 4.01. The number of hydrogen-bond donors (Lipinski definition) is 3. The van der Waals surface area contributed by atoms with Gasteiger partial charge in [-0.2, -0.15) is 5.10 Å². The smallest absolute Gasteiger partial charge is 0.326 e. The first-order chi connectivity index (χ1) is 7.43. The quantitative estimate of drug-likeness (QED) is 0.734. The maximum absolute atomic E-state index is 11.1. The van der Waals surface area contributed by atoms with Crippen molar-refractivity contribution < 1.29 is 9.90 Å². The van der Waals surface area contributed by atoms with Crippen molar-refractivity contribution in [1.82, 2.24) is 10.2 Å². The molecule has 0 saturated heterocycles. The van der Waals surface area contributed by atoms with Gasteiger partial charge < -0.3 is 10.4 Å². The van der Waals surface area contributed by atoms with Crippen LogP contribution in [-0.4, -0.2) is 27.3 Å². The summed E-state index contributed by atoms with van der Waals surface area (Å²) in [6, 6.07) is -0.818. The van der Waals surface area contributed by atoms with Crippen molar-refractivity contribution >= 4 is 23.3 Å². The topological polar surface area (TPSA) is 95.1 Å². The lowest BCUT2D eigenvalue weighted by molar-refractivity contribution is -0.138. The van der Waals surface area contributed by atoms with Gasteiger partial charge in [0.15, 0.2) is 0 Å². The minimum atomic E-state index is -1.01. The lowest BCUT2D eigenvalue weighted by atomic mass is 10.0. The van der Waals surface area contributed by atoms with Gasteiger partial charge in [0.05, 0.1) is 11.9 Å². The molecule has 1 heterocycles. The van der Waals surface area contributed by atoms with Gasteiger partial charge in [0.2, 0.25) is 0 Å².